The molecule has 0 unspecified atom stereocenters. The van der Waals surface area contributed by atoms with Crippen LogP contribution in [0.5, 0.6) is 0 Å². The molecule has 1 aliphatic rings. The van der Waals surface area contributed by atoms with Crippen LogP contribution in [0, 0.1) is 0 Å². The third-order valence-electron chi connectivity index (χ3n) is 2.72. The summed E-state index contributed by atoms with van der Waals surface area (Å²) in [6, 6.07) is 9.53. The van der Waals surface area contributed by atoms with Crippen molar-refractivity contribution < 1.29 is 9.90 Å². The summed E-state index contributed by atoms with van der Waals surface area (Å²) in [6.45, 7) is 0.533. The number of Topliss-reactive ketones (excluding diaryl/α,β-unsaturated/α-hetero) is 1. The van der Waals surface area contributed by atoms with Crippen LogP contribution >= 0.6 is 0 Å². The number of rotatable bonds is 3. The molecule has 15 heavy (non-hydrogen) atoms. The molecule has 3 heteroatoms. The molecule has 1 aliphatic heterocycles. The molecule has 0 aromatic heterocycles. The number of benzene rings is 1. The molecule has 2 rings (SSSR count). The fourth-order valence-corrected chi connectivity index (χ4v) is 1.88. The quantitative estimate of drug-likeness (QED) is 0.756. The van der Waals surface area contributed by atoms with Gasteiger partial charge in [0.1, 0.15) is 0 Å². The maximum atomic E-state index is 11.8. The van der Waals surface area contributed by atoms with Crippen LogP contribution in [-0.4, -0.2) is 29.6 Å². The summed E-state index contributed by atoms with van der Waals surface area (Å²) < 4.78 is 0. The average molecular weight is 205 g/mol. The Hall–Kier alpha value is -1.19. The molecule has 1 heterocycles. The van der Waals surface area contributed by atoms with E-state index in [0.717, 1.165) is 5.56 Å². The van der Waals surface area contributed by atoms with Gasteiger partial charge in [-0.25, -0.2) is 0 Å². The van der Waals surface area contributed by atoms with E-state index in [4.69, 9.17) is 0 Å². The Kier molecular flexibility index (Phi) is 3.14. The molecule has 80 valence electrons. The van der Waals surface area contributed by atoms with Crippen molar-refractivity contribution in [3.8, 4) is 0 Å². The first-order chi connectivity index (χ1) is 7.25. The molecular weight excluding hydrogens is 190 g/mol. The van der Waals surface area contributed by atoms with Crippen LogP contribution < -0.4 is 5.32 Å². The van der Waals surface area contributed by atoms with E-state index in [2.05, 4.69) is 5.32 Å². The van der Waals surface area contributed by atoms with E-state index in [0.29, 0.717) is 19.4 Å². The lowest BCUT2D eigenvalue weighted by molar-refractivity contribution is -0.120. The Balaban J connectivity index is 1.93. The minimum atomic E-state index is -0.366. The second-order valence-electron chi connectivity index (χ2n) is 3.98. The molecular formula is C12H15NO2. The normalized spacial score (nSPS) is 25.4. The molecule has 0 bridgehead atoms. The number of hydrogen-bond donors (Lipinski definition) is 2. The Morgan fingerprint density at radius 1 is 1.40 bits per heavy atom. The smallest absolute Gasteiger partial charge is 0.154 e. The number of β-amino-alcohol motifs (C(OH)–C–C–N with tert-alkyl or cyclic N) is 1. The maximum Gasteiger partial charge on any atom is 0.154 e. The number of carbonyl (C=O) groups is 1. The van der Waals surface area contributed by atoms with Crippen LogP contribution in [0.25, 0.3) is 0 Å². The zero-order valence-electron chi connectivity index (χ0n) is 8.52. The lowest BCUT2D eigenvalue weighted by atomic mass is 10.0. The van der Waals surface area contributed by atoms with Crippen LogP contribution in [0.3, 0.4) is 0 Å². The van der Waals surface area contributed by atoms with Gasteiger partial charge in [0, 0.05) is 13.0 Å². The molecule has 1 fully saturated rings. The fraction of sp³-hybridized carbons (Fsp3) is 0.417. The van der Waals surface area contributed by atoms with Gasteiger partial charge in [-0.1, -0.05) is 30.3 Å². The average Bonchev–Trinajstić information content (AvgIpc) is 2.66. The SMILES string of the molecule is O=C(Cc1ccccc1)[C@@H]1C[C@@H](O)CN1. The first-order valence-electron chi connectivity index (χ1n) is 5.24. The Bertz CT molecular complexity index is 337. The fourth-order valence-electron chi connectivity index (χ4n) is 1.88. The summed E-state index contributed by atoms with van der Waals surface area (Å²) in [5.41, 5.74) is 1.03. The highest BCUT2D eigenvalue weighted by Crippen LogP contribution is 2.10. The topological polar surface area (TPSA) is 49.3 Å². The first-order valence-corrected chi connectivity index (χ1v) is 5.24. The van der Waals surface area contributed by atoms with Crippen molar-refractivity contribution in [3.63, 3.8) is 0 Å². The van der Waals surface area contributed by atoms with Gasteiger partial charge in [0.25, 0.3) is 0 Å². The van der Waals surface area contributed by atoms with Gasteiger partial charge in [0.15, 0.2) is 5.78 Å². The van der Waals surface area contributed by atoms with Crippen LogP contribution in [0.15, 0.2) is 30.3 Å². The van der Waals surface area contributed by atoms with Crippen molar-refractivity contribution in [1.82, 2.24) is 5.32 Å². The molecule has 0 amide bonds. The van der Waals surface area contributed by atoms with E-state index in [1.54, 1.807) is 0 Å². The highest BCUT2D eigenvalue weighted by atomic mass is 16.3. The van der Waals surface area contributed by atoms with Crippen molar-refractivity contribution in [2.45, 2.75) is 25.0 Å². The minimum Gasteiger partial charge on any atom is -0.392 e. The summed E-state index contributed by atoms with van der Waals surface area (Å²) in [7, 11) is 0. The molecule has 2 atom stereocenters. The van der Waals surface area contributed by atoms with Crippen LogP contribution in [0.2, 0.25) is 0 Å². The summed E-state index contributed by atoms with van der Waals surface area (Å²) in [4.78, 5) is 11.8. The largest absolute Gasteiger partial charge is 0.392 e. The Morgan fingerprint density at radius 2 is 2.13 bits per heavy atom. The number of carbonyl (C=O) groups excluding carboxylic acids is 1. The molecule has 1 saturated heterocycles. The molecule has 1 aromatic carbocycles. The van der Waals surface area contributed by atoms with Crippen LogP contribution in [0.4, 0.5) is 0 Å². The number of nitrogens with one attached hydrogen (secondary N) is 1. The van der Waals surface area contributed by atoms with Crippen molar-refractivity contribution in [2.24, 2.45) is 0 Å². The molecule has 0 saturated carbocycles. The van der Waals surface area contributed by atoms with E-state index in [1.807, 2.05) is 30.3 Å². The summed E-state index contributed by atoms with van der Waals surface area (Å²) in [6.07, 6.45) is 0.631. The number of hydrogen-bond acceptors (Lipinski definition) is 3. The molecule has 0 aliphatic carbocycles. The predicted molar refractivity (Wildman–Crippen MR) is 57.6 cm³/mol. The van der Waals surface area contributed by atoms with Crippen molar-refractivity contribution in [1.29, 1.82) is 0 Å². The first kappa shape index (κ1) is 10.3. The molecule has 0 radical (unpaired) electrons. The highest BCUT2D eigenvalue weighted by Gasteiger charge is 2.27. The van der Waals surface area contributed by atoms with Gasteiger partial charge in [0.2, 0.25) is 0 Å². The molecule has 3 nitrogen and oxygen atoms in total. The maximum absolute atomic E-state index is 11.8. The second-order valence-corrected chi connectivity index (χ2v) is 3.98. The monoisotopic (exact) mass is 205 g/mol. The zero-order valence-corrected chi connectivity index (χ0v) is 8.52. The van der Waals surface area contributed by atoms with Gasteiger partial charge in [-0.15, -0.1) is 0 Å². The number of aliphatic hydroxyl groups excluding tert-OH is 1. The van der Waals surface area contributed by atoms with Gasteiger partial charge < -0.3 is 10.4 Å². The van der Waals surface area contributed by atoms with Crippen molar-refractivity contribution in [2.75, 3.05) is 6.54 Å². The Labute approximate surface area is 89.1 Å². The Morgan fingerprint density at radius 3 is 2.73 bits per heavy atom. The van der Waals surface area contributed by atoms with Gasteiger partial charge in [0.05, 0.1) is 12.1 Å². The lowest BCUT2D eigenvalue weighted by Crippen LogP contribution is -2.31. The zero-order chi connectivity index (χ0) is 10.7. The van der Waals surface area contributed by atoms with E-state index < -0.39 is 0 Å². The van der Waals surface area contributed by atoms with Gasteiger partial charge >= 0.3 is 0 Å². The van der Waals surface area contributed by atoms with E-state index >= 15 is 0 Å². The van der Waals surface area contributed by atoms with E-state index in [-0.39, 0.29) is 17.9 Å². The van der Waals surface area contributed by atoms with Gasteiger partial charge in [-0.2, -0.15) is 0 Å². The second kappa shape index (κ2) is 4.55. The third-order valence-corrected chi connectivity index (χ3v) is 2.72. The predicted octanol–water partition coefficient (Wildman–Crippen LogP) is 0.521. The van der Waals surface area contributed by atoms with E-state index in [1.165, 1.54) is 0 Å². The number of aliphatic hydroxyl groups is 1. The third kappa shape index (κ3) is 2.64. The summed E-state index contributed by atoms with van der Waals surface area (Å²) in [5.74, 6) is 0.165. The van der Waals surface area contributed by atoms with Crippen LogP contribution in [0.1, 0.15) is 12.0 Å². The van der Waals surface area contributed by atoms with Crippen molar-refractivity contribution in [3.05, 3.63) is 35.9 Å². The summed E-state index contributed by atoms with van der Waals surface area (Å²) in [5, 5.41) is 12.3. The molecule has 2 N–H and O–H groups in total. The van der Waals surface area contributed by atoms with Gasteiger partial charge in [-0.3, -0.25) is 4.79 Å². The standard InChI is InChI=1S/C12H15NO2/c14-10-7-11(13-8-10)12(15)6-9-4-2-1-3-5-9/h1-5,10-11,13-14H,6-8H2/t10-,11+/m1/s1. The van der Waals surface area contributed by atoms with Crippen LogP contribution in [-0.2, 0) is 11.2 Å². The van der Waals surface area contributed by atoms with Crippen molar-refractivity contribution >= 4 is 5.78 Å². The van der Waals surface area contributed by atoms with E-state index in [9.17, 15) is 9.90 Å². The lowest BCUT2D eigenvalue weighted by Gasteiger charge is -2.08. The summed E-state index contributed by atoms with van der Waals surface area (Å²) >= 11 is 0. The number of ketones is 1. The molecule has 1 aromatic rings. The molecule has 0 spiro atoms. The van der Waals surface area contributed by atoms with Gasteiger partial charge in [-0.05, 0) is 12.0 Å². The highest BCUT2D eigenvalue weighted by molar-refractivity contribution is 5.86. The minimum absolute atomic E-state index is 0.165.